The Hall–Kier alpha value is -0.560. The molecule has 1 heterocycles. The molecule has 0 aliphatic carbocycles. The lowest BCUT2D eigenvalue weighted by Crippen LogP contribution is -2.43. The van der Waals surface area contributed by atoms with E-state index in [1.807, 2.05) is 0 Å². The molecular weight excluding hydrogens is 152 g/mol. The number of terminal acetylenes is 1. The summed E-state index contributed by atoms with van der Waals surface area (Å²) in [6, 6.07) is 0.218. The van der Waals surface area contributed by atoms with Crippen LogP contribution in [0.4, 0.5) is 0 Å². The second-order valence-electron chi connectivity index (χ2n) is 3.16. The summed E-state index contributed by atoms with van der Waals surface area (Å²) in [4.78, 5) is 0. The first-order valence-electron chi connectivity index (χ1n) is 4.36. The molecule has 1 saturated heterocycles. The van der Waals surface area contributed by atoms with Crippen molar-refractivity contribution < 1.29 is 4.74 Å². The van der Waals surface area contributed by atoms with Crippen LogP contribution in [0, 0.1) is 18.3 Å². The lowest BCUT2D eigenvalue weighted by Gasteiger charge is -2.28. The minimum absolute atomic E-state index is 0.218. The third-order valence-corrected chi connectivity index (χ3v) is 2.32. The zero-order chi connectivity index (χ0) is 8.81. The van der Waals surface area contributed by atoms with Crippen LogP contribution in [0.5, 0.6) is 0 Å². The summed E-state index contributed by atoms with van der Waals surface area (Å²) < 4.78 is 5.35. The lowest BCUT2D eigenvalue weighted by atomic mass is 9.92. The summed E-state index contributed by atoms with van der Waals surface area (Å²) in [7, 11) is 0. The lowest BCUT2D eigenvalue weighted by molar-refractivity contribution is 0.0400. The predicted octanol–water partition coefficient (Wildman–Crippen LogP) is 0.268. The molecule has 1 aliphatic rings. The normalized spacial score (nSPS) is 26.2. The van der Waals surface area contributed by atoms with Crippen molar-refractivity contribution in [2.24, 2.45) is 11.8 Å². The summed E-state index contributed by atoms with van der Waals surface area (Å²) in [6.45, 7) is 1.67. The van der Waals surface area contributed by atoms with Gasteiger partial charge in [0.15, 0.2) is 0 Å². The number of rotatable bonds is 3. The number of hydrazine groups is 1. The zero-order valence-corrected chi connectivity index (χ0v) is 7.25. The molecule has 0 radical (unpaired) electrons. The van der Waals surface area contributed by atoms with Gasteiger partial charge in [0.1, 0.15) is 0 Å². The number of hydrogen-bond acceptors (Lipinski definition) is 3. The molecule has 1 fully saturated rings. The minimum Gasteiger partial charge on any atom is -0.381 e. The van der Waals surface area contributed by atoms with E-state index >= 15 is 0 Å². The van der Waals surface area contributed by atoms with Gasteiger partial charge in [-0.1, -0.05) is 0 Å². The first-order chi connectivity index (χ1) is 5.88. The van der Waals surface area contributed by atoms with E-state index in [1.165, 1.54) is 0 Å². The maximum absolute atomic E-state index is 5.39. The van der Waals surface area contributed by atoms with Crippen molar-refractivity contribution in [3.63, 3.8) is 0 Å². The fourth-order valence-corrected chi connectivity index (χ4v) is 1.57. The van der Waals surface area contributed by atoms with Gasteiger partial charge in [-0.15, -0.1) is 12.3 Å². The third kappa shape index (κ3) is 2.49. The summed E-state index contributed by atoms with van der Waals surface area (Å²) in [6.07, 6.45) is 8.19. The van der Waals surface area contributed by atoms with E-state index in [0.29, 0.717) is 12.3 Å². The standard InChI is InChI=1S/C9H16N2O/c1-2-4-9(11-10)8-5-3-6-12-7-8/h1,8-9,11H,3-7,10H2. The fourth-order valence-electron chi connectivity index (χ4n) is 1.57. The SMILES string of the molecule is C#CCC(NN)C1CCCOC1. The Morgan fingerprint density at radius 2 is 2.58 bits per heavy atom. The summed E-state index contributed by atoms with van der Waals surface area (Å²) >= 11 is 0. The molecule has 0 amide bonds. The second kappa shape index (κ2) is 5.15. The van der Waals surface area contributed by atoms with Crippen molar-refractivity contribution in [1.82, 2.24) is 5.43 Å². The van der Waals surface area contributed by atoms with Gasteiger partial charge in [-0.2, -0.15) is 0 Å². The molecule has 0 aromatic heterocycles. The van der Waals surface area contributed by atoms with Crippen molar-refractivity contribution in [2.45, 2.75) is 25.3 Å². The molecule has 0 aromatic rings. The van der Waals surface area contributed by atoms with Gasteiger partial charge in [0.05, 0.1) is 6.61 Å². The molecule has 0 bridgehead atoms. The van der Waals surface area contributed by atoms with Crippen molar-refractivity contribution in [3.05, 3.63) is 0 Å². The van der Waals surface area contributed by atoms with Crippen LogP contribution in [0.1, 0.15) is 19.3 Å². The Bertz CT molecular complexity index is 158. The number of hydrogen-bond donors (Lipinski definition) is 2. The summed E-state index contributed by atoms with van der Waals surface area (Å²) in [5, 5.41) is 0. The summed E-state index contributed by atoms with van der Waals surface area (Å²) in [5.74, 6) is 8.49. The average molecular weight is 168 g/mol. The molecule has 3 N–H and O–H groups in total. The van der Waals surface area contributed by atoms with Crippen molar-refractivity contribution >= 4 is 0 Å². The Labute approximate surface area is 73.6 Å². The van der Waals surface area contributed by atoms with Gasteiger partial charge in [0.2, 0.25) is 0 Å². The van der Waals surface area contributed by atoms with Crippen LogP contribution < -0.4 is 11.3 Å². The predicted molar refractivity (Wildman–Crippen MR) is 48.1 cm³/mol. The highest BCUT2D eigenvalue weighted by atomic mass is 16.5. The van der Waals surface area contributed by atoms with E-state index in [2.05, 4.69) is 11.3 Å². The van der Waals surface area contributed by atoms with Crippen LogP contribution in [0.3, 0.4) is 0 Å². The molecule has 0 aromatic carbocycles. The van der Waals surface area contributed by atoms with Gasteiger partial charge in [-0.25, -0.2) is 0 Å². The molecule has 68 valence electrons. The van der Waals surface area contributed by atoms with Crippen LogP contribution in [0.15, 0.2) is 0 Å². The van der Waals surface area contributed by atoms with E-state index in [-0.39, 0.29) is 6.04 Å². The molecule has 1 rings (SSSR count). The monoisotopic (exact) mass is 168 g/mol. The molecule has 2 unspecified atom stereocenters. The first-order valence-corrected chi connectivity index (χ1v) is 4.36. The maximum Gasteiger partial charge on any atom is 0.0510 e. The van der Waals surface area contributed by atoms with E-state index in [1.54, 1.807) is 0 Å². The Kier molecular flexibility index (Phi) is 4.09. The van der Waals surface area contributed by atoms with Crippen LogP contribution in [-0.4, -0.2) is 19.3 Å². The largest absolute Gasteiger partial charge is 0.381 e. The Morgan fingerprint density at radius 1 is 1.75 bits per heavy atom. The molecule has 3 heteroatoms. The van der Waals surface area contributed by atoms with Crippen molar-refractivity contribution in [1.29, 1.82) is 0 Å². The van der Waals surface area contributed by atoms with Crippen LogP contribution >= 0.6 is 0 Å². The molecule has 0 saturated carbocycles. The number of nitrogens with two attached hydrogens (primary N) is 1. The van der Waals surface area contributed by atoms with Crippen molar-refractivity contribution in [2.75, 3.05) is 13.2 Å². The highest BCUT2D eigenvalue weighted by Crippen LogP contribution is 2.18. The molecule has 2 atom stereocenters. The van der Waals surface area contributed by atoms with Gasteiger partial charge in [0.25, 0.3) is 0 Å². The van der Waals surface area contributed by atoms with Crippen LogP contribution in [0.25, 0.3) is 0 Å². The smallest absolute Gasteiger partial charge is 0.0510 e. The fraction of sp³-hybridized carbons (Fsp3) is 0.778. The van der Waals surface area contributed by atoms with Gasteiger partial charge in [-0.05, 0) is 18.8 Å². The molecule has 0 spiro atoms. The quantitative estimate of drug-likeness (QED) is 0.361. The maximum atomic E-state index is 5.39. The Balaban J connectivity index is 2.36. The van der Waals surface area contributed by atoms with Gasteiger partial charge in [-0.3, -0.25) is 11.3 Å². The molecule has 1 aliphatic heterocycles. The number of ether oxygens (including phenoxy) is 1. The van der Waals surface area contributed by atoms with E-state index in [4.69, 9.17) is 17.0 Å². The summed E-state index contributed by atoms with van der Waals surface area (Å²) in [5.41, 5.74) is 2.75. The van der Waals surface area contributed by atoms with Gasteiger partial charge in [0, 0.05) is 19.1 Å². The van der Waals surface area contributed by atoms with Gasteiger partial charge < -0.3 is 4.74 Å². The van der Waals surface area contributed by atoms with E-state index in [0.717, 1.165) is 26.1 Å². The average Bonchev–Trinajstić information content (AvgIpc) is 2.15. The molecule has 3 nitrogen and oxygen atoms in total. The van der Waals surface area contributed by atoms with Crippen molar-refractivity contribution in [3.8, 4) is 12.3 Å². The molecule has 12 heavy (non-hydrogen) atoms. The van der Waals surface area contributed by atoms with E-state index < -0.39 is 0 Å². The van der Waals surface area contributed by atoms with Gasteiger partial charge >= 0.3 is 0 Å². The van der Waals surface area contributed by atoms with Crippen LogP contribution in [-0.2, 0) is 4.74 Å². The topological polar surface area (TPSA) is 47.3 Å². The third-order valence-electron chi connectivity index (χ3n) is 2.32. The second-order valence-corrected chi connectivity index (χ2v) is 3.16. The van der Waals surface area contributed by atoms with E-state index in [9.17, 15) is 0 Å². The minimum atomic E-state index is 0.218. The highest BCUT2D eigenvalue weighted by Gasteiger charge is 2.22. The number of nitrogens with one attached hydrogen (secondary N) is 1. The zero-order valence-electron chi connectivity index (χ0n) is 7.25. The Morgan fingerprint density at radius 3 is 3.08 bits per heavy atom. The van der Waals surface area contributed by atoms with Crippen LogP contribution in [0.2, 0.25) is 0 Å². The first kappa shape index (κ1) is 9.53. The molecular formula is C9H16N2O. The highest BCUT2D eigenvalue weighted by molar-refractivity contribution is 4.92.